The molecule has 20 heavy (non-hydrogen) atoms. The average Bonchev–Trinajstić information content (AvgIpc) is 2.60. The van der Waals surface area contributed by atoms with Gasteiger partial charge in [0.2, 0.25) is 0 Å². The maximum atomic E-state index is 11.6. The van der Waals surface area contributed by atoms with E-state index >= 15 is 0 Å². The molecule has 0 N–H and O–H groups in total. The first-order valence-corrected chi connectivity index (χ1v) is 8.75. The van der Waals surface area contributed by atoms with Gasteiger partial charge in [-0.25, -0.2) is 8.42 Å². The van der Waals surface area contributed by atoms with Gasteiger partial charge >= 0.3 is 0 Å². The molecule has 0 saturated heterocycles. The van der Waals surface area contributed by atoms with Crippen molar-refractivity contribution in [1.29, 1.82) is 0 Å². The molecule has 0 bridgehead atoms. The van der Waals surface area contributed by atoms with E-state index in [1.165, 1.54) is 11.1 Å². The smallest absolute Gasteiger partial charge is 0.264 e. The lowest BCUT2D eigenvalue weighted by Crippen LogP contribution is -2.23. The minimum atomic E-state index is -3.74. The van der Waals surface area contributed by atoms with Crippen LogP contribution in [0.1, 0.15) is 28.4 Å². The highest BCUT2D eigenvalue weighted by Gasteiger charge is 2.28. The summed E-state index contributed by atoms with van der Waals surface area (Å²) in [4.78, 5) is 0.145. The average molecular weight is 311 g/mol. The summed E-state index contributed by atoms with van der Waals surface area (Å²) in [5.74, 6) is 0.398. The Hall–Kier alpha value is -1.33. The van der Waals surface area contributed by atoms with Crippen molar-refractivity contribution in [2.24, 2.45) is 0 Å². The summed E-state index contributed by atoms with van der Waals surface area (Å²) in [5.41, 5.74) is 3.77. The van der Waals surface area contributed by atoms with Gasteiger partial charge in [-0.2, -0.15) is 5.10 Å². The van der Waals surface area contributed by atoms with Crippen LogP contribution >= 0.6 is 10.7 Å². The summed E-state index contributed by atoms with van der Waals surface area (Å²) in [6, 6.07) is 8.31. The molecule has 0 aliphatic heterocycles. The Balaban J connectivity index is 1.91. The van der Waals surface area contributed by atoms with Crippen molar-refractivity contribution in [3.63, 3.8) is 0 Å². The van der Waals surface area contributed by atoms with Gasteiger partial charge in [-0.05, 0) is 31.4 Å². The second-order valence-electron chi connectivity index (χ2n) is 5.22. The Morgan fingerprint density at radius 1 is 1.35 bits per heavy atom. The molecule has 106 valence electrons. The molecule has 0 amide bonds. The highest BCUT2D eigenvalue weighted by Crippen LogP contribution is 2.36. The lowest BCUT2D eigenvalue weighted by atomic mass is 9.77. The number of fused-ring (bicyclic) bond motifs is 1. The second kappa shape index (κ2) is 4.60. The molecule has 6 heteroatoms. The van der Waals surface area contributed by atoms with Crippen LogP contribution in [0.25, 0.3) is 0 Å². The fourth-order valence-corrected chi connectivity index (χ4v) is 4.47. The quantitative estimate of drug-likeness (QED) is 0.819. The van der Waals surface area contributed by atoms with Crippen LogP contribution in [0.3, 0.4) is 0 Å². The highest BCUT2D eigenvalue weighted by atomic mass is 35.7. The van der Waals surface area contributed by atoms with Crippen molar-refractivity contribution in [2.75, 3.05) is 0 Å². The van der Waals surface area contributed by atoms with Crippen LogP contribution in [-0.4, -0.2) is 18.2 Å². The predicted octanol–water partition coefficient (Wildman–Crippen LogP) is 2.77. The molecule has 1 aliphatic carbocycles. The third-order valence-corrected chi connectivity index (χ3v) is 5.45. The molecule has 1 aromatic heterocycles. The second-order valence-corrected chi connectivity index (χ2v) is 7.72. The minimum absolute atomic E-state index is 0.145. The molecule has 2 aromatic rings. The monoisotopic (exact) mass is 310 g/mol. The first kappa shape index (κ1) is 13.6. The number of hydrogen-bond donors (Lipinski definition) is 0. The van der Waals surface area contributed by atoms with E-state index in [-0.39, 0.29) is 4.90 Å². The normalized spacial score (nSPS) is 17.6. The van der Waals surface area contributed by atoms with E-state index in [2.05, 4.69) is 17.2 Å². The van der Waals surface area contributed by atoms with E-state index in [0.29, 0.717) is 23.9 Å². The Morgan fingerprint density at radius 2 is 2.05 bits per heavy atom. The first-order chi connectivity index (χ1) is 9.38. The van der Waals surface area contributed by atoms with Crippen LogP contribution in [0.15, 0.2) is 29.2 Å². The molecular formula is C14H15ClN2O2S. The lowest BCUT2D eigenvalue weighted by Gasteiger charge is -2.30. The Kier molecular flexibility index (Phi) is 3.14. The standard InChI is InChI=1S/C14H15ClN2O2S/c1-9-14(20(15,18)19)10(2)17(16-9)8-12-7-11-5-3-4-6-13(11)12/h3-6,12H,7-8H2,1-2H3. The molecule has 1 heterocycles. The molecule has 0 radical (unpaired) electrons. The number of aryl methyl sites for hydroxylation is 1. The molecule has 1 aromatic carbocycles. The van der Waals surface area contributed by atoms with Gasteiger partial charge in [0.05, 0.1) is 11.4 Å². The van der Waals surface area contributed by atoms with E-state index in [4.69, 9.17) is 10.7 Å². The third kappa shape index (κ3) is 2.15. The van der Waals surface area contributed by atoms with Crippen molar-refractivity contribution >= 4 is 19.7 Å². The van der Waals surface area contributed by atoms with Crippen LogP contribution in [-0.2, 0) is 22.0 Å². The number of hydrogen-bond acceptors (Lipinski definition) is 3. The van der Waals surface area contributed by atoms with Crippen LogP contribution in [0.4, 0.5) is 0 Å². The number of aromatic nitrogens is 2. The van der Waals surface area contributed by atoms with Crippen LogP contribution in [0, 0.1) is 13.8 Å². The summed E-state index contributed by atoms with van der Waals surface area (Å²) in [5, 5.41) is 4.32. The minimum Gasteiger partial charge on any atom is -0.268 e. The topological polar surface area (TPSA) is 52.0 Å². The number of halogens is 1. The molecule has 0 saturated carbocycles. The molecule has 0 fully saturated rings. The largest absolute Gasteiger partial charge is 0.268 e. The number of nitrogens with zero attached hydrogens (tertiary/aromatic N) is 2. The van der Waals surface area contributed by atoms with Crippen LogP contribution in [0.5, 0.6) is 0 Å². The maximum Gasteiger partial charge on any atom is 0.264 e. The van der Waals surface area contributed by atoms with E-state index in [9.17, 15) is 8.42 Å². The molecule has 0 spiro atoms. The Morgan fingerprint density at radius 3 is 2.65 bits per heavy atom. The lowest BCUT2D eigenvalue weighted by molar-refractivity contribution is 0.465. The maximum absolute atomic E-state index is 11.6. The van der Waals surface area contributed by atoms with Crippen LogP contribution < -0.4 is 0 Å². The van der Waals surface area contributed by atoms with Crippen LogP contribution in [0.2, 0.25) is 0 Å². The predicted molar refractivity (Wildman–Crippen MR) is 77.6 cm³/mol. The first-order valence-electron chi connectivity index (χ1n) is 6.44. The third-order valence-electron chi connectivity index (χ3n) is 3.91. The SMILES string of the molecule is Cc1nn(CC2Cc3ccccc32)c(C)c1S(=O)(=O)Cl. The van der Waals surface area contributed by atoms with Gasteiger partial charge in [0, 0.05) is 23.1 Å². The Labute approximate surface area is 122 Å². The van der Waals surface area contributed by atoms with Gasteiger partial charge in [0.25, 0.3) is 9.05 Å². The van der Waals surface area contributed by atoms with Crippen molar-refractivity contribution in [3.05, 3.63) is 46.8 Å². The van der Waals surface area contributed by atoms with Crippen molar-refractivity contribution < 1.29 is 8.42 Å². The van der Waals surface area contributed by atoms with E-state index in [0.717, 1.165) is 6.42 Å². The summed E-state index contributed by atoms with van der Waals surface area (Å²) >= 11 is 0. The van der Waals surface area contributed by atoms with Gasteiger partial charge in [-0.3, -0.25) is 4.68 Å². The number of rotatable bonds is 3. The zero-order chi connectivity index (χ0) is 14.5. The van der Waals surface area contributed by atoms with Crippen molar-refractivity contribution in [2.45, 2.75) is 37.6 Å². The van der Waals surface area contributed by atoms with Gasteiger partial charge in [0.1, 0.15) is 4.90 Å². The van der Waals surface area contributed by atoms with Gasteiger partial charge in [0.15, 0.2) is 0 Å². The fraction of sp³-hybridized carbons (Fsp3) is 0.357. The molecule has 3 rings (SSSR count). The van der Waals surface area contributed by atoms with E-state index < -0.39 is 9.05 Å². The molecule has 1 aliphatic rings. The molecule has 4 nitrogen and oxygen atoms in total. The number of benzene rings is 1. The molecular weight excluding hydrogens is 296 g/mol. The highest BCUT2D eigenvalue weighted by molar-refractivity contribution is 8.13. The van der Waals surface area contributed by atoms with E-state index in [1.54, 1.807) is 18.5 Å². The van der Waals surface area contributed by atoms with Gasteiger partial charge in [-0.1, -0.05) is 24.3 Å². The van der Waals surface area contributed by atoms with E-state index in [1.807, 2.05) is 12.1 Å². The summed E-state index contributed by atoms with van der Waals surface area (Å²) in [6.07, 6.45) is 1.01. The van der Waals surface area contributed by atoms with Gasteiger partial charge < -0.3 is 0 Å². The van der Waals surface area contributed by atoms with Crippen molar-refractivity contribution in [1.82, 2.24) is 9.78 Å². The zero-order valence-electron chi connectivity index (χ0n) is 11.3. The summed E-state index contributed by atoms with van der Waals surface area (Å²) in [7, 11) is 1.73. The summed E-state index contributed by atoms with van der Waals surface area (Å²) in [6.45, 7) is 4.11. The van der Waals surface area contributed by atoms with Gasteiger partial charge in [-0.15, -0.1) is 0 Å². The zero-order valence-corrected chi connectivity index (χ0v) is 12.9. The molecule has 1 atom stereocenters. The summed E-state index contributed by atoms with van der Waals surface area (Å²) < 4.78 is 24.9. The molecule has 1 unspecified atom stereocenters. The Bertz CT molecular complexity index is 780. The van der Waals surface area contributed by atoms with Crippen molar-refractivity contribution in [3.8, 4) is 0 Å². The fourth-order valence-electron chi connectivity index (χ4n) is 2.95.